The highest BCUT2D eigenvalue weighted by molar-refractivity contribution is 9.10. The number of nitrogens with one attached hydrogen (secondary N) is 1. The van der Waals surface area contributed by atoms with Crippen molar-refractivity contribution in [3.8, 4) is 0 Å². The number of benzene rings is 1. The third-order valence-corrected chi connectivity index (χ3v) is 2.24. The molecule has 1 aromatic carbocycles. The molecule has 0 saturated heterocycles. The topological polar surface area (TPSA) is 32.3 Å². The minimum absolute atomic E-state index is 0.153. The van der Waals surface area contributed by atoms with Crippen LogP contribution < -0.4 is 5.32 Å². The van der Waals surface area contributed by atoms with Crippen molar-refractivity contribution in [2.75, 3.05) is 18.5 Å². The SMILES string of the molecule is Cc1ccc(Br)c(NCCO)c1. The molecule has 0 aromatic heterocycles. The van der Waals surface area contributed by atoms with Crippen LogP contribution in [0.1, 0.15) is 5.56 Å². The average Bonchev–Trinajstić information content (AvgIpc) is 2.07. The Bertz CT molecular complexity index is 263. The largest absolute Gasteiger partial charge is 0.395 e. The molecule has 0 saturated carbocycles. The maximum atomic E-state index is 8.61. The fourth-order valence-corrected chi connectivity index (χ4v) is 1.35. The fraction of sp³-hybridized carbons (Fsp3) is 0.333. The molecule has 1 rings (SSSR count). The number of halogens is 1. The number of hydrogen-bond donors (Lipinski definition) is 2. The van der Waals surface area contributed by atoms with Gasteiger partial charge in [0.25, 0.3) is 0 Å². The molecule has 0 aliphatic carbocycles. The molecule has 0 radical (unpaired) electrons. The Morgan fingerprint density at radius 3 is 2.92 bits per heavy atom. The smallest absolute Gasteiger partial charge is 0.0604 e. The first kappa shape index (κ1) is 9.55. The molecule has 0 spiro atoms. The summed E-state index contributed by atoms with van der Waals surface area (Å²) in [5, 5.41) is 11.7. The van der Waals surface area contributed by atoms with E-state index in [1.807, 2.05) is 25.1 Å². The van der Waals surface area contributed by atoms with E-state index in [1.54, 1.807) is 0 Å². The molecule has 0 amide bonds. The first-order chi connectivity index (χ1) is 5.74. The van der Waals surface area contributed by atoms with E-state index in [1.165, 1.54) is 5.56 Å². The van der Waals surface area contributed by atoms with Crippen molar-refractivity contribution in [1.29, 1.82) is 0 Å². The lowest BCUT2D eigenvalue weighted by atomic mass is 10.2. The first-order valence-corrected chi connectivity index (χ1v) is 4.64. The summed E-state index contributed by atoms with van der Waals surface area (Å²) in [5.74, 6) is 0. The molecule has 3 heteroatoms. The van der Waals surface area contributed by atoms with Gasteiger partial charge in [0.1, 0.15) is 0 Å². The summed E-state index contributed by atoms with van der Waals surface area (Å²) in [6.07, 6.45) is 0. The lowest BCUT2D eigenvalue weighted by Crippen LogP contribution is -2.05. The molecule has 0 aliphatic heterocycles. The number of hydrogen-bond acceptors (Lipinski definition) is 2. The monoisotopic (exact) mass is 229 g/mol. The van der Waals surface area contributed by atoms with Crippen molar-refractivity contribution >= 4 is 21.6 Å². The van der Waals surface area contributed by atoms with Gasteiger partial charge < -0.3 is 10.4 Å². The van der Waals surface area contributed by atoms with Gasteiger partial charge in [-0.2, -0.15) is 0 Å². The molecule has 0 heterocycles. The van der Waals surface area contributed by atoms with Gasteiger partial charge in [-0.3, -0.25) is 0 Å². The zero-order valence-electron chi connectivity index (χ0n) is 6.97. The Morgan fingerprint density at radius 1 is 1.50 bits per heavy atom. The van der Waals surface area contributed by atoms with Crippen LogP contribution in [-0.2, 0) is 0 Å². The molecule has 1 aromatic rings. The van der Waals surface area contributed by atoms with E-state index in [9.17, 15) is 0 Å². The predicted molar refractivity (Wildman–Crippen MR) is 54.5 cm³/mol. The number of aryl methyl sites for hydroxylation is 1. The average molecular weight is 230 g/mol. The second-order valence-electron chi connectivity index (χ2n) is 2.63. The summed E-state index contributed by atoms with van der Waals surface area (Å²) < 4.78 is 1.03. The second kappa shape index (κ2) is 4.48. The highest BCUT2D eigenvalue weighted by Crippen LogP contribution is 2.22. The Kier molecular flexibility index (Phi) is 3.56. The second-order valence-corrected chi connectivity index (χ2v) is 3.49. The highest BCUT2D eigenvalue weighted by atomic mass is 79.9. The van der Waals surface area contributed by atoms with Crippen LogP contribution in [0.3, 0.4) is 0 Å². The molecule has 0 bridgehead atoms. The zero-order valence-corrected chi connectivity index (χ0v) is 8.56. The van der Waals surface area contributed by atoms with Gasteiger partial charge in [0.2, 0.25) is 0 Å². The highest BCUT2D eigenvalue weighted by Gasteiger charge is 1.97. The lowest BCUT2D eigenvalue weighted by molar-refractivity contribution is 0.311. The van der Waals surface area contributed by atoms with Crippen LogP contribution in [0.2, 0.25) is 0 Å². The van der Waals surface area contributed by atoms with E-state index in [2.05, 4.69) is 21.2 Å². The lowest BCUT2D eigenvalue weighted by Gasteiger charge is -2.07. The van der Waals surface area contributed by atoms with Crippen molar-refractivity contribution in [1.82, 2.24) is 0 Å². The van der Waals surface area contributed by atoms with Crippen LogP contribution in [0.4, 0.5) is 5.69 Å². The van der Waals surface area contributed by atoms with Gasteiger partial charge >= 0.3 is 0 Å². The first-order valence-electron chi connectivity index (χ1n) is 3.85. The van der Waals surface area contributed by atoms with Crippen LogP contribution >= 0.6 is 15.9 Å². The van der Waals surface area contributed by atoms with Crippen molar-refractivity contribution in [2.45, 2.75) is 6.92 Å². The molecule has 0 atom stereocenters. The minimum Gasteiger partial charge on any atom is -0.395 e. The maximum absolute atomic E-state index is 8.61. The van der Waals surface area contributed by atoms with E-state index < -0.39 is 0 Å². The number of rotatable bonds is 3. The quantitative estimate of drug-likeness (QED) is 0.833. The molecule has 0 unspecified atom stereocenters. The maximum Gasteiger partial charge on any atom is 0.0604 e. The number of aliphatic hydroxyl groups excluding tert-OH is 1. The van der Waals surface area contributed by atoms with Crippen LogP contribution in [0, 0.1) is 6.92 Å². The van der Waals surface area contributed by atoms with E-state index in [0.29, 0.717) is 6.54 Å². The third-order valence-electron chi connectivity index (χ3n) is 1.55. The van der Waals surface area contributed by atoms with Crippen LogP contribution in [0.5, 0.6) is 0 Å². The van der Waals surface area contributed by atoms with E-state index in [0.717, 1.165) is 10.2 Å². The van der Waals surface area contributed by atoms with Crippen molar-refractivity contribution < 1.29 is 5.11 Å². The Labute approximate surface area is 80.7 Å². The summed E-state index contributed by atoms with van der Waals surface area (Å²) in [7, 11) is 0. The van der Waals surface area contributed by atoms with E-state index in [4.69, 9.17) is 5.11 Å². The molecular formula is C9H12BrNO. The van der Waals surface area contributed by atoms with Gasteiger partial charge in [-0.1, -0.05) is 6.07 Å². The zero-order chi connectivity index (χ0) is 8.97. The van der Waals surface area contributed by atoms with Gasteiger partial charge in [0, 0.05) is 16.7 Å². The molecule has 12 heavy (non-hydrogen) atoms. The summed E-state index contributed by atoms with van der Waals surface area (Å²) in [5.41, 5.74) is 2.24. The standard InChI is InChI=1S/C9H12BrNO/c1-7-2-3-8(10)9(6-7)11-4-5-12/h2-3,6,11-12H,4-5H2,1H3. The number of anilines is 1. The van der Waals surface area contributed by atoms with Crippen molar-refractivity contribution in [2.24, 2.45) is 0 Å². The molecule has 66 valence electrons. The van der Waals surface area contributed by atoms with Crippen molar-refractivity contribution in [3.05, 3.63) is 28.2 Å². The molecule has 2 nitrogen and oxygen atoms in total. The molecule has 0 aliphatic rings. The van der Waals surface area contributed by atoms with Gasteiger partial charge in [-0.25, -0.2) is 0 Å². The van der Waals surface area contributed by atoms with Crippen LogP contribution in [0.25, 0.3) is 0 Å². The van der Waals surface area contributed by atoms with Gasteiger partial charge in [-0.05, 0) is 40.5 Å². The number of aliphatic hydroxyl groups is 1. The normalized spacial score (nSPS) is 9.92. The Hall–Kier alpha value is -0.540. The summed E-state index contributed by atoms with van der Waals surface area (Å²) in [6, 6.07) is 6.07. The molecule has 2 N–H and O–H groups in total. The van der Waals surface area contributed by atoms with Gasteiger partial charge in [0.15, 0.2) is 0 Å². The summed E-state index contributed by atoms with van der Waals surface area (Å²) in [6.45, 7) is 2.78. The van der Waals surface area contributed by atoms with E-state index >= 15 is 0 Å². The summed E-state index contributed by atoms with van der Waals surface area (Å²) in [4.78, 5) is 0. The molecule has 0 fully saturated rings. The minimum atomic E-state index is 0.153. The predicted octanol–water partition coefficient (Wildman–Crippen LogP) is 2.16. The molecular weight excluding hydrogens is 218 g/mol. The summed E-state index contributed by atoms with van der Waals surface area (Å²) >= 11 is 3.42. The fourth-order valence-electron chi connectivity index (χ4n) is 0.965. The van der Waals surface area contributed by atoms with Gasteiger partial charge in [-0.15, -0.1) is 0 Å². The van der Waals surface area contributed by atoms with Gasteiger partial charge in [0.05, 0.1) is 6.61 Å². The van der Waals surface area contributed by atoms with Crippen LogP contribution in [0.15, 0.2) is 22.7 Å². The Balaban J connectivity index is 2.75. The van der Waals surface area contributed by atoms with Crippen LogP contribution in [-0.4, -0.2) is 18.3 Å². The van der Waals surface area contributed by atoms with E-state index in [-0.39, 0.29) is 6.61 Å². The Morgan fingerprint density at radius 2 is 2.25 bits per heavy atom. The third kappa shape index (κ3) is 2.50. The van der Waals surface area contributed by atoms with Crippen molar-refractivity contribution in [3.63, 3.8) is 0 Å².